The van der Waals surface area contributed by atoms with Gasteiger partial charge in [-0.2, -0.15) is 0 Å². The molecule has 104 valence electrons. The number of likely N-dealkylation sites (N-methyl/N-ethyl adjacent to an activating group) is 2. The maximum absolute atomic E-state index is 12.1. The van der Waals surface area contributed by atoms with Crippen LogP contribution in [0.2, 0.25) is 0 Å². The minimum Gasteiger partial charge on any atom is -0.393 e. The minimum atomic E-state index is -0.172. The van der Waals surface area contributed by atoms with Crippen molar-refractivity contribution in [3.05, 3.63) is 18.5 Å². The number of hydrogen-bond donors (Lipinski definition) is 1. The number of carbonyl (C=O) groups is 1. The number of amides is 1. The van der Waals surface area contributed by atoms with Crippen LogP contribution in [0, 0.1) is 5.92 Å². The summed E-state index contributed by atoms with van der Waals surface area (Å²) < 4.78 is 0. The van der Waals surface area contributed by atoms with Crippen LogP contribution in [0.1, 0.15) is 12.8 Å². The Kier molecular flexibility index (Phi) is 4.31. The molecule has 0 atom stereocenters. The summed E-state index contributed by atoms with van der Waals surface area (Å²) in [6, 6.07) is 1.74. The first-order valence-electron chi connectivity index (χ1n) is 6.46. The number of carbonyl (C=O) groups excluding carboxylic acids is 1. The number of aromatic nitrogens is 2. The van der Waals surface area contributed by atoms with Gasteiger partial charge in [-0.15, -0.1) is 0 Å². The van der Waals surface area contributed by atoms with Crippen molar-refractivity contribution in [1.29, 1.82) is 0 Å². The summed E-state index contributed by atoms with van der Waals surface area (Å²) >= 11 is 0. The molecule has 1 aromatic rings. The molecule has 0 spiro atoms. The van der Waals surface area contributed by atoms with Gasteiger partial charge in [0.2, 0.25) is 11.9 Å². The molecule has 6 heteroatoms. The molecule has 0 aliphatic heterocycles. The van der Waals surface area contributed by atoms with Gasteiger partial charge in [0.05, 0.1) is 12.6 Å². The molecule has 0 bridgehead atoms. The Morgan fingerprint density at radius 1 is 1.37 bits per heavy atom. The van der Waals surface area contributed by atoms with Crippen molar-refractivity contribution in [1.82, 2.24) is 14.9 Å². The number of anilines is 1. The van der Waals surface area contributed by atoms with E-state index in [1.807, 2.05) is 0 Å². The Morgan fingerprint density at radius 3 is 2.58 bits per heavy atom. The summed E-state index contributed by atoms with van der Waals surface area (Å²) in [5.74, 6) is 1.02. The molecule has 6 nitrogen and oxygen atoms in total. The van der Waals surface area contributed by atoms with Gasteiger partial charge in [0.25, 0.3) is 0 Å². The molecule has 1 fully saturated rings. The molecule has 19 heavy (non-hydrogen) atoms. The van der Waals surface area contributed by atoms with Gasteiger partial charge in [-0.1, -0.05) is 0 Å². The van der Waals surface area contributed by atoms with E-state index >= 15 is 0 Å². The number of aliphatic hydroxyl groups is 1. The van der Waals surface area contributed by atoms with Crippen molar-refractivity contribution in [3.8, 4) is 0 Å². The molecule has 2 rings (SSSR count). The Bertz CT molecular complexity index is 420. The van der Waals surface area contributed by atoms with E-state index in [4.69, 9.17) is 0 Å². The summed E-state index contributed by atoms with van der Waals surface area (Å²) in [4.78, 5) is 23.7. The van der Waals surface area contributed by atoms with Crippen LogP contribution < -0.4 is 4.90 Å². The van der Waals surface area contributed by atoms with Crippen molar-refractivity contribution in [2.45, 2.75) is 18.9 Å². The van der Waals surface area contributed by atoms with E-state index in [-0.39, 0.29) is 18.6 Å². The zero-order chi connectivity index (χ0) is 13.8. The summed E-state index contributed by atoms with van der Waals surface area (Å²) in [6.45, 7) is 0.967. The molecular formula is C13H20N4O2. The summed E-state index contributed by atoms with van der Waals surface area (Å²) in [5.41, 5.74) is 0. The van der Waals surface area contributed by atoms with Crippen LogP contribution >= 0.6 is 0 Å². The van der Waals surface area contributed by atoms with Crippen LogP contribution in [-0.2, 0) is 4.79 Å². The Hall–Kier alpha value is -1.69. The second-order valence-corrected chi connectivity index (χ2v) is 5.17. The molecular weight excluding hydrogens is 244 g/mol. The third kappa shape index (κ3) is 3.64. The Morgan fingerprint density at radius 2 is 2.00 bits per heavy atom. The normalized spacial score (nSPS) is 21.6. The molecule has 0 radical (unpaired) electrons. The minimum absolute atomic E-state index is 0.0383. The van der Waals surface area contributed by atoms with Gasteiger partial charge >= 0.3 is 0 Å². The molecule has 1 N–H and O–H groups in total. The summed E-state index contributed by atoms with van der Waals surface area (Å²) in [6.07, 6.45) is 4.74. The largest absolute Gasteiger partial charge is 0.393 e. The van der Waals surface area contributed by atoms with Crippen molar-refractivity contribution in [3.63, 3.8) is 0 Å². The van der Waals surface area contributed by atoms with E-state index in [2.05, 4.69) is 9.97 Å². The van der Waals surface area contributed by atoms with Gasteiger partial charge in [0, 0.05) is 33.0 Å². The van der Waals surface area contributed by atoms with Crippen LogP contribution in [0.25, 0.3) is 0 Å². The second kappa shape index (κ2) is 5.97. The smallest absolute Gasteiger partial charge is 0.241 e. The van der Waals surface area contributed by atoms with Crippen molar-refractivity contribution < 1.29 is 9.90 Å². The first-order valence-corrected chi connectivity index (χ1v) is 6.46. The van der Waals surface area contributed by atoms with Crippen LogP contribution in [0.5, 0.6) is 0 Å². The quantitative estimate of drug-likeness (QED) is 0.819. The fourth-order valence-electron chi connectivity index (χ4n) is 2.22. The summed E-state index contributed by atoms with van der Waals surface area (Å²) in [7, 11) is 3.60. The lowest BCUT2D eigenvalue weighted by Crippen LogP contribution is -2.43. The van der Waals surface area contributed by atoms with Crippen LogP contribution in [0.3, 0.4) is 0 Å². The van der Waals surface area contributed by atoms with E-state index in [9.17, 15) is 9.90 Å². The monoisotopic (exact) mass is 264 g/mol. The number of nitrogens with zero attached hydrogens (tertiary/aromatic N) is 4. The van der Waals surface area contributed by atoms with Crippen molar-refractivity contribution >= 4 is 11.9 Å². The first-order chi connectivity index (χ1) is 9.06. The highest BCUT2D eigenvalue weighted by Gasteiger charge is 2.29. The maximum atomic E-state index is 12.1. The molecule has 1 amide bonds. The predicted octanol–water partition coefficient (Wildman–Crippen LogP) is 0.142. The zero-order valence-electron chi connectivity index (χ0n) is 11.4. The lowest BCUT2D eigenvalue weighted by atomic mass is 9.82. The van der Waals surface area contributed by atoms with Crippen LogP contribution in [0.4, 0.5) is 5.95 Å². The van der Waals surface area contributed by atoms with Crippen LogP contribution in [0.15, 0.2) is 18.5 Å². The maximum Gasteiger partial charge on any atom is 0.241 e. The highest BCUT2D eigenvalue weighted by atomic mass is 16.3. The fourth-order valence-corrected chi connectivity index (χ4v) is 2.22. The van der Waals surface area contributed by atoms with E-state index in [0.717, 1.165) is 12.8 Å². The average Bonchev–Trinajstić information content (AvgIpc) is 2.37. The number of hydrogen-bond acceptors (Lipinski definition) is 5. The van der Waals surface area contributed by atoms with Crippen LogP contribution in [-0.4, -0.2) is 59.2 Å². The molecule has 0 saturated heterocycles. The molecule has 1 aliphatic carbocycles. The standard InChI is InChI=1S/C13H20N4O2/c1-16(8-10-6-11(18)7-10)12(19)9-17(2)13-14-4-3-5-15-13/h3-5,10-11,18H,6-9H2,1-2H3. The lowest BCUT2D eigenvalue weighted by Gasteiger charge is -2.34. The van der Waals surface area contributed by atoms with Gasteiger partial charge < -0.3 is 14.9 Å². The molecule has 1 heterocycles. The first kappa shape index (κ1) is 13.7. The van der Waals surface area contributed by atoms with E-state index in [1.54, 1.807) is 42.4 Å². The highest BCUT2D eigenvalue weighted by Crippen LogP contribution is 2.27. The second-order valence-electron chi connectivity index (χ2n) is 5.17. The van der Waals surface area contributed by atoms with Gasteiger partial charge in [-0.3, -0.25) is 4.79 Å². The zero-order valence-corrected chi connectivity index (χ0v) is 11.4. The Labute approximate surface area is 113 Å². The number of aliphatic hydroxyl groups excluding tert-OH is 1. The van der Waals surface area contributed by atoms with Gasteiger partial charge in [-0.05, 0) is 24.8 Å². The number of rotatable bonds is 5. The highest BCUT2D eigenvalue weighted by molar-refractivity contribution is 5.80. The van der Waals surface area contributed by atoms with Crippen molar-refractivity contribution in [2.75, 3.05) is 32.1 Å². The van der Waals surface area contributed by atoms with E-state index < -0.39 is 0 Å². The molecule has 1 aliphatic rings. The van der Waals surface area contributed by atoms with Gasteiger partial charge in [0.1, 0.15) is 0 Å². The molecule has 0 unspecified atom stereocenters. The third-order valence-corrected chi connectivity index (χ3v) is 3.43. The molecule has 1 aromatic heterocycles. The molecule has 0 aromatic carbocycles. The predicted molar refractivity (Wildman–Crippen MR) is 71.7 cm³/mol. The third-order valence-electron chi connectivity index (χ3n) is 3.43. The Balaban J connectivity index is 1.80. The van der Waals surface area contributed by atoms with E-state index in [1.165, 1.54) is 0 Å². The van der Waals surface area contributed by atoms with Gasteiger partial charge in [-0.25, -0.2) is 9.97 Å². The van der Waals surface area contributed by atoms with Crippen molar-refractivity contribution in [2.24, 2.45) is 5.92 Å². The SMILES string of the molecule is CN(CC1CC(O)C1)C(=O)CN(C)c1ncccn1. The average molecular weight is 264 g/mol. The van der Waals surface area contributed by atoms with Gasteiger partial charge in [0.15, 0.2) is 0 Å². The van der Waals surface area contributed by atoms with E-state index in [0.29, 0.717) is 18.4 Å². The lowest BCUT2D eigenvalue weighted by molar-refractivity contribution is -0.130. The fraction of sp³-hybridized carbons (Fsp3) is 0.615. The summed E-state index contributed by atoms with van der Waals surface area (Å²) in [5, 5.41) is 9.24. The molecule has 1 saturated carbocycles. The topological polar surface area (TPSA) is 69.6 Å².